The first-order valence-corrected chi connectivity index (χ1v) is 12.9. The molecule has 0 saturated carbocycles. The zero-order chi connectivity index (χ0) is 30.8. The van der Waals surface area contributed by atoms with E-state index in [0.29, 0.717) is 0 Å². The van der Waals surface area contributed by atoms with Gasteiger partial charge in [0.1, 0.15) is 6.10 Å². The van der Waals surface area contributed by atoms with Crippen molar-refractivity contribution in [2.45, 2.75) is 62.9 Å². The zero-order valence-electron chi connectivity index (χ0n) is 23.3. The summed E-state index contributed by atoms with van der Waals surface area (Å²) in [6.45, 7) is 2.99. The Morgan fingerprint density at radius 2 is 1.57 bits per heavy atom. The highest BCUT2D eigenvalue weighted by Crippen LogP contribution is 2.36. The van der Waals surface area contributed by atoms with E-state index < -0.39 is 72.8 Å². The lowest BCUT2D eigenvalue weighted by molar-refractivity contribution is -0.306. The van der Waals surface area contributed by atoms with Crippen LogP contribution in [0.3, 0.4) is 0 Å². The molecular formula is C24H32N10O8. The van der Waals surface area contributed by atoms with Crippen LogP contribution in [0.2, 0.25) is 0 Å². The molecule has 0 radical (unpaired) electrons. The monoisotopic (exact) mass is 588 g/mol. The maximum Gasteiger partial charge on any atom is 0.338 e. The minimum atomic E-state index is -1.25. The Balaban J connectivity index is 1.85. The average molecular weight is 589 g/mol. The average Bonchev–Trinajstić information content (AvgIpc) is 3.00. The molecule has 3 rings (SSSR count). The Hall–Kier alpha value is -4.11. The van der Waals surface area contributed by atoms with Crippen LogP contribution in [0.25, 0.3) is 31.3 Å². The molecule has 2 fully saturated rings. The number of ether oxygens (including phenoxy) is 5. The number of amides is 1. The van der Waals surface area contributed by atoms with Crippen molar-refractivity contribution < 1.29 is 38.4 Å². The zero-order valence-corrected chi connectivity index (χ0v) is 23.3. The number of methoxy groups -OCH3 is 2. The van der Waals surface area contributed by atoms with Crippen molar-refractivity contribution in [3.05, 3.63) is 66.7 Å². The largest absolute Gasteiger partial charge is 0.465 e. The summed E-state index contributed by atoms with van der Waals surface area (Å²) in [5, 5.41) is 24.8. The van der Waals surface area contributed by atoms with Crippen molar-refractivity contribution in [3.63, 3.8) is 0 Å². The SMILES string of the molecule is COC(=O)c1ccccc1C(=O)NCC1O[C@@H](O[C@H]2C(CN=[N+]=[N-])O[C@@H](OC)[C@H](N=[N+]=[N-])C2C)[C@H](N=[N+]=[N-])C(C)[C@H]1O. The summed E-state index contributed by atoms with van der Waals surface area (Å²) >= 11 is 0. The van der Waals surface area contributed by atoms with Gasteiger partial charge in [-0.25, -0.2) is 4.79 Å². The van der Waals surface area contributed by atoms with Gasteiger partial charge in [-0.1, -0.05) is 41.3 Å². The van der Waals surface area contributed by atoms with Gasteiger partial charge >= 0.3 is 5.97 Å². The fraction of sp³-hybridized carbons (Fsp3) is 0.667. The van der Waals surface area contributed by atoms with Gasteiger partial charge in [0.25, 0.3) is 5.91 Å². The first kappa shape index (κ1) is 32.4. The van der Waals surface area contributed by atoms with Gasteiger partial charge in [0.05, 0.1) is 55.2 Å². The second kappa shape index (κ2) is 15.2. The molecule has 2 heterocycles. The number of rotatable bonds is 11. The molecule has 2 aliphatic rings. The van der Waals surface area contributed by atoms with E-state index in [4.69, 9.17) is 34.7 Å². The number of hydrogen-bond acceptors (Lipinski definition) is 11. The molecule has 1 aromatic carbocycles. The minimum Gasteiger partial charge on any atom is -0.465 e. The summed E-state index contributed by atoms with van der Waals surface area (Å²) in [6.07, 6.45) is -6.19. The van der Waals surface area contributed by atoms with Gasteiger partial charge in [-0.05, 0) is 40.6 Å². The molecule has 1 aromatic rings. The fourth-order valence-electron chi connectivity index (χ4n) is 5.04. The number of aliphatic hydroxyl groups excluding tert-OH is 1. The number of carbonyl (C=O) groups is 2. The summed E-state index contributed by atoms with van der Waals surface area (Å²) in [5.74, 6) is -2.55. The second-order valence-corrected chi connectivity index (χ2v) is 9.68. The fourth-order valence-corrected chi connectivity index (χ4v) is 5.04. The molecule has 10 atom stereocenters. The third kappa shape index (κ3) is 7.20. The number of esters is 1. The van der Waals surface area contributed by atoms with Crippen LogP contribution in [-0.2, 0) is 23.7 Å². The highest BCUT2D eigenvalue weighted by Gasteiger charge is 2.49. The van der Waals surface area contributed by atoms with E-state index in [0.717, 1.165) is 0 Å². The van der Waals surface area contributed by atoms with Crippen molar-refractivity contribution in [1.82, 2.24) is 5.32 Å². The molecule has 2 saturated heterocycles. The molecule has 2 N–H and O–H groups in total. The van der Waals surface area contributed by atoms with Gasteiger partial charge in [0.15, 0.2) is 12.6 Å². The minimum absolute atomic E-state index is 0.0573. The van der Waals surface area contributed by atoms with Crippen LogP contribution in [0.15, 0.2) is 39.6 Å². The van der Waals surface area contributed by atoms with E-state index in [2.05, 4.69) is 35.4 Å². The van der Waals surface area contributed by atoms with Gasteiger partial charge in [-0.2, -0.15) is 0 Å². The van der Waals surface area contributed by atoms with Gasteiger partial charge in [-0.15, -0.1) is 0 Å². The predicted octanol–water partition coefficient (Wildman–Crippen LogP) is 2.99. The summed E-state index contributed by atoms with van der Waals surface area (Å²) in [5.41, 5.74) is 27.3. The van der Waals surface area contributed by atoms with Crippen LogP contribution < -0.4 is 5.32 Å². The quantitative estimate of drug-likeness (QED) is 0.167. The molecule has 4 unspecified atom stereocenters. The molecule has 42 heavy (non-hydrogen) atoms. The lowest BCUT2D eigenvalue weighted by Gasteiger charge is -2.47. The first-order valence-electron chi connectivity index (χ1n) is 12.9. The Morgan fingerprint density at radius 3 is 2.17 bits per heavy atom. The van der Waals surface area contributed by atoms with Gasteiger partial charge < -0.3 is 34.1 Å². The molecule has 18 nitrogen and oxygen atoms in total. The molecule has 0 aliphatic carbocycles. The summed E-state index contributed by atoms with van der Waals surface area (Å²) in [6, 6.07) is 4.23. The number of hydrogen-bond donors (Lipinski definition) is 2. The first-order chi connectivity index (χ1) is 20.2. The molecule has 226 valence electrons. The Bertz CT molecular complexity index is 1260. The highest BCUT2D eigenvalue weighted by atomic mass is 16.7. The second-order valence-electron chi connectivity index (χ2n) is 9.68. The van der Waals surface area contributed by atoms with E-state index >= 15 is 0 Å². The van der Waals surface area contributed by atoms with Crippen molar-refractivity contribution >= 4 is 11.9 Å². The van der Waals surface area contributed by atoms with Crippen LogP contribution in [0.5, 0.6) is 0 Å². The van der Waals surface area contributed by atoms with Crippen LogP contribution in [-0.4, -0.2) is 93.4 Å². The van der Waals surface area contributed by atoms with E-state index in [1.165, 1.54) is 26.4 Å². The van der Waals surface area contributed by atoms with E-state index in [-0.39, 0.29) is 24.2 Å². The van der Waals surface area contributed by atoms with E-state index in [1.807, 2.05) is 0 Å². The number of benzene rings is 1. The Kier molecular flexibility index (Phi) is 11.7. The van der Waals surface area contributed by atoms with Crippen molar-refractivity contribution in [2.24, 2.45) is 27.2 Å². The summed E-state index contributed by atoms with van der Waals surface area (Å²) < 4.78 is 28.3. The van der Waals surface area contributed by atoms with Crippen molar-refractivity contribution in [3.8, 4) is 0 Å². The maximum absolute atomic E-state index is 13.0. The maximum atomic E-state index is 13.0. The number of carbonyl (C=O) groups excluding carboxylic acids is 2. The van der Waals surface area contributed by atoms with Crippen molar-refractivity contribution in [1.29, 1.82) is 0 Å². The molecule has 1 amide bonds. The topological polar surface area (TPSA) is 259 Å². The van der Waals surface area contributed by atoms with E-state index in [1.54, 1.807) is 26.0 Å². The van der Waals surface area contributed by atoms with Gasteiger partial charge in [0.2, 0.25) is 0 Å². The molecule has 0 aromatic heterocycles. The molecule has 18 heteroatoms. The lowest BCUT2D eigenvalue weighted by atomic mass is 9.87. The van der Waals surface area contributed by atoms with Crippen LogP contribution >= 0.6 is 0 Å². The Morgan fingerprint density at radius 1 is 0.952 bits per heavy atom. The van der Waals surface area contributed by atoms with Crippen LogP contribution in [0.1, 0.15) is 34.6 Å². The molecule has 2 aliphatic heterocycles. The Labute approximate surface area is 240 Å². The van der Waals surface area contributed by atoms with Crippen molar-refractivity contribution in [2.75, 3.05) is 27.3 Å². The van der Waals surface area contributed by atoms with E-state index in [9.17, 15) is 20.2 Å². The number of aliphatic hydroxyl groups is 1. The highest BCUT2D eigenvalue weighted by molar-refractivity contribution is 6.05. The number of nitrogens with zero attached hydrogens (tertiary/aromatic N) is 9. The standard InChI is InChI=1S/C24H32N10O8/c1-11-17(30-33-26)24(42-20-12(2)18(31-34-27)23(39-4)41-16(20)10-29-32-25)40-15(19(11)35)9-28-21(36)13-7-5-6-8-14(13)22(37)38-3/h5-8,11-12,15-20,23-24,35H,9-10H2,1-4H3,(H,28,36)/t11?,12?,15?,16?,17-,18-,19-,20-,23-,24+/m1/s1. The molecule has 0 spiro atoms. The summed E-state index contributed by atoms with van der Waals surface area (Å²) in [4.78, 5) is 33.6. The van der Waals surface area contributed by atoms with Crippen LogP contribution in [0, 0.1) is 11.8 Å². The van der Waals surface area contributed by atoms with Gasteiger partial charge in [0, 0.05) is 28.4 Å². The third-order valence-electron chi connectivity index (χ3n) is 7.32. The third-order valence-corrected chi connectivity index (χ3v) is 7.32. The number of azide groups is 3. The molecule has 0 bridgehead atoms. The number of nitrogens with one attached hydrogen (secondary N) is 1. The normalized spacial score (nSPS) is 32.3. The lowest BCUT2D eigenvalue weighted by Crippen LogP contribution is -2.60. The smallest absolute Gasteiger partial charge is 0.338 e. The summed E-state index contributed by atoms with van der Waals surface area (Å²) in [7, 11) is 2.57. The van der Waals surface area contributed by atoms with Gasteiger partial charge in [-0.3, -0.25) is 4.79 Å². The predicted molar refractivity (Wildman–Crippen MR) is 144 cm³/mol. The molecular weight excluding hydrogens is 556 g/mol. The van der Waals surface area contributed by atoms with Crippen LogP contribution in [0.4, 0.5) is 0 Å².